The molecule has 0 aromatic heterocycles. The highest BCUT2D eigenvalue weighted by molar-refractivity contribution is 5.79. The predicted molar refractivity (Wildman–Crippen MR) is 121 cm³/mol. The quantitative estimate of drug-likeness (QED) is 0.678. The van der Waals surface area contributed by atoms with Gasteiger partial charge in [-0.05, 0) is 29.4 Å². The normalized spacial score (nSPS) is 23.0. The summed E-state index contributed by atoms with van der Waals surface area (Å²) in [5.41, 5.74) is 2.18. The van der Waals surface area contributed by atoms with Crippen molar-refractivity contribution in [3.63, 3.8) is 0 Å². The summed E-state index contributed by atoms with van der Waals surface area (Å²) < 4.78 is 5.23. The summed E-state index contributed by atoms with van der Waals surface area (Å²) in [5.74, 6) is 1.46. The first-order valence-electron chi connectivity index (χ1n) is 11.5. The van der Waals surface area contributed by atoms with Gasteiger partial charge in [0.25, 0.3) is 0 Å². The highest BCUT2D eigenvalue weighted by Gasteiger charge is 2.27. The summed E-state index contributed by atoms with van der Waals surface area (Å²) in [6.45, 7) is 11.5. The minimum Gasteiger partial charge on any atom is -0.380 e. The van der Waals surface area contributed by atoms with Crippen molar-refractivity contribution in [2.45, 2.75) is 33.4 Å². The smallest absolute Gasteiger partial charge is 0.236 e. The summed E-state index contributed by atoms with van der Waals surface area (Å²) >= 11 is 0. The molecule has 172 valence electrons. The molecule has 1 aromatic carbocycles. The van der Waals surface area contributed by atoms with Gasteiger partial charge in [-0.1, -0.05) is 38.1 Å². The lowest BCUT2D eigenvalue weighted by Gasteiger charge is -2.38. The maximum atomic E-state index is 12.7. The third-order valence-corrected chi connectivity index (χ3v) is 6.31. The molecular weight excluding hydrogens is 392 g/mol. The van der Waals surface area contributed by atoms with Gasteiger partial charge in [0.15, 0.2) is 0 Å². The minimum atomic E-state index is 0.0352. The molecule has 0 radical (unpaired) electrons. The van der Waals surface area contributed by atoms with Crippen molar-refractivity contribution in [1.82, 2.24) is 20.0 Å². The van der Waals surface area contributed by atoms with E-state index < -0.39 is 0 Å². The lowest BCUT2D eigenvalue weighted by atomic mass is 9.92. The van der Waals surface area contributed by atoms with Crippen molar-refractivity contribution in [2.24, 2.45) is 11.8 Å². The first kappa shape index (κ1) is 23.7. The fourth-order valence-electron chi connectivity index (χ4n) is 4.74. The Labute approximate surface area is 186 Å². The van der Waals surface area contributed by atoms with Crippen LogP contribution >= 0.6 is 0 Å². The molecule has 7 nitrogen and oxygen atoms in total. The van der Waals surface area contributed by atoms with E-state index in [4.69, 9.17) is 4.74 Å². The number of hydrogen-bond acceptors (Lipinski definition) is 5. The van der Waals surface area contributed by atoms with Gasteiger partial charge in [-0.15, -0.1) is 0 Å². The zero-order valence-electron chi connectivity index (χ0n) is 19.3. The molecule has 1 aromatic rings. The molecule has 1 N–H and O–H groups in total. The molecule has 31 heavy (non-hydrogen) atoms. The van der Waals surface area contributed by atoms with Crippen LogP contribution in [0.5, 0.6) is 0 Å². The minimum absolute atomic E-state index is 0.0352. The van der Waals surface area contributed by atoms with Gasteiger partial charge in [0.05, 0.1) is 19.7 Å². The van der Waals surface area contributed by atoms with E-state index in [2.05, 4.69) is 29.0 Å². The van der Waals surface area contributed by atoms with Crippen molar-refractivity contribution in [1.29, 1.82) is 0 Å². The van der Waals surface area contributed by atoms with E-state index in [1.54, 1.807) is 7.11 Å². The molecule has 2 fully saturated rings. The second-order valence-electron chi connectivity index (χ2n) is 9.28. The number of carbonyl (C=O) groups is 2. The maximum Gasteiger partial charge on any atom is 0.236 e. The molecule has 0 spiro atoms. The van der Waals surface area contributed by atoms with Crippen molar-refractivity contribution in [2.75, 3.05) is 59.5 Å². The van der Waals surface area contributed by atoms with Crippen LogP contribution in [0.4, 0.5) is 0 Å². The van der Waals surface area contributed by atoms with Crippen molar-refractivity contribution < 1.29 is 14.3 Å². The summed E-state index contributed by atoms with van der Waals surface area (Å²) in [6.07, 6.45) is 1.21. The summed E-state index contributed by atoms with van der Waals surface area (Å²) in [7, 11) is 1.68. The van der Waals surface area contributed by atoms with Gasteiger partial charge in [-0.3, -0.25) is 19.4 Å². The second kappa shape index (κ2) is 11.6. The Hall–Kier alpha value is -1.96. The van der Waals surface area contributed by atoms with E-state index in [9.17, 15) is 9.59 Å². The molecule has 0 aliphatic carbocycles. The summed E-state index contributed by atoms with van der Waals surface area (Å²) in [5, 5.41) is 3.03. The Bertz CT molecular complexity index is 723. The van der Waals surface area contributed by atoms with Gasteiger partial charge in [-0.2, -0.15) is 0 Å². The molecule has 2 atom stereocenters. The number of piperazine rings is 1. The largest absolute Gasteiger partial charge is 0.380 e. The zero-order chi connectivity index (χ0) is 22.2. The van der Waals surface area contributed by atoms with E-state index in [0.717, 1.165) is 50.4 Å². The molecule has 2 aliphatic rings. The van der Waals surface area contributed by atoms with Crippen LogP contribution in [0.2, 0.25) is 0 Å². The molecule has 2 amide bonds. The van der Waals surface area contributed by atoms with Gasteiger partial charge >= 0.3 is 0 Å². The fourth-order valence-corrected chi connectivity index (χ4v) is 4.74. The SMILES string of the molecule is COCc1ccccc1CNC(=O)CN1CCN(CC(=O)N2CC(C)CC(C)C2)CC1. The van der Waals surface area contributed by atoms with Crippen molar-refractivity contribution in [3.8, 4) is 0 Å². The highest BCUT2D eigenvalue weighted by atomic mass is 16.5. The molecule has 7 heteroatoms. The lowest BCUT2D eigenvalue weighted by Crippen LogP contribution is -2.53. The number of rotatable bonds is 8. The Kier molecular flexibility index (Phi) is 8.87. The first-order valence-corrected chi connectivity index (χ1v) is 11.5. The Balaban J connectivity index is 1.37. The molecule has 0 saturated carbocycles. The van der Waals surface area contributed by atoms with E-state index in [0.29, 0.717) is 38.1 Å². The van der Waals surface area contributed by atoms with Crippen LogP contribution in [0.15, 0.2) is 24.3 Å². The maximum absolute atomic E-state index is 12.7. The number of piperidine rings is 1. The summed E-state index contributed by atoms with van der Waals surface area (Å²) in [4.78, 5) is 31.6. The lowest BCUT2D eigenvalue weighted by molar-refractivity contribution is -0.135. The van der Waals surface area contributed by atoms with Crippen LogP contribution in [0.25, 0.3) is 0 Å². The van der Waals surface area contributed by atoms with Crippen LogP contribution in [-0.2, 0) is 27.5 Å². The van der Waals surface area contributed by atoms with Gasteiger partial charge in [0.2, 0.25) is 11.8 Å². The molecule has 2 saturated heterocycles. The van der Waals surface area contributed by atoms with E-state index >= 15 is 0 Å². The molecule has 2 unspecified atom stereocenters. The van der Waals surface area contributed by atoms with Crippen LogP contribution in [-0.4, -0.2) is 86.0 Å². The molecule has 0 bridgehead atoms. The monoisotopic (exact) mass is 430 g/mol. The number of amides is 2. The van der Waals surface area contributed by atoms with E-state index in [1.807, 2.05) is 29.2 Å². The Morgan fingerprint density at radius 3 is 2.16 bits per heavy atom. The number of nitrogens with one attached hydrogen (secondary N) is 1. The van der Waals surface area contributed by atoms with Crippen LogP contribution in [0.1, 0.15) is 31.4 Å². The van der Waals surface area contributed by atoms with Crippen LogP contribution in [0.3, 0.4) is 0 Å². The standard InChI is InChI=1S/C24H38N4O3/c1-19-12-20(2)15-28(14-19)24(30)17-27-10-8-26(9-11-27)16-23(29)25-13-21-6-4-5-7-22(21)18-31-3/h4-7,19-20H,8-18H2,1-3H3,(H,25,29). The zero-order valence-corrected chi connectivity index (χ0v) is 19.3. The predicted octanol–water partition coefficient (Wildman–Crippen LogP) is 1.57. The van der Waals surface area contributed by atoms with Gasteiger partial charge < -0.3 is 15.0 Å². The van der Waals surface area contributed by atoms with E-state index in [1.165, 1.54) is 6.42 Å². The highest BCUT2D eigenvalue weighted by Crippen LogP contribution is 2.21. The number of methoxy groups -OCH3 is 1. The van der Waals surface area contributed by atoms with Crippen LogP contribution in [0, 0.1) is 11.8 Å². The number of carbonyl (C=O) groups excluding carboxylic acids is 2. The fraction of sp³-hybridized carbons (Fsp3) is 0.667. The third kappa shape index (κ3) is 7.30. The molecule has 2 aliphatic heterocycles. The van der Waals surface area contributed by atoms with Crippen molar-refractivity contribution >= 4 is 11.8 Å². The first-order chi connectivity index (χ1) is 14.9. The second-order valence-corrected chi connectivity index (χ2v) is 9.28. The number of hydrogen-bond donors (Lipinski definition) is 1. The van der Waals surface area contributed by atoms with Crippen molar-refractivity contribution in [3.05, 3.63) is 35.4 Å². The molecule has 2 heterocycles. The number of benzene rings is 1. The molecular formula is C24H38N4O3. The summed E-state index contributed by atoms with van der Waals surface area (Å²) in [6, 6.07) is 8.01. The molecule has 3 rings (SSSR count). The van der Waals surface area contributed by atoms with Gasteiger partial charge in [0.1, 0.15) is 0 Å². The van der Waals surface area contributed by atoms with Gasteiger partial charge in [-0.25, -0.2) is 0 Å². The van der Waals surface area contributed by atoms with E-state index in [-0.39, 0.29) is 11.8 Å². The number of ether oxygens (including phenoxy) is 1. The van der Waals surface area contributed by atoms with Crippen LogP contribution < -0.4 is 5.32 Å². The average Bonchev–Trinajstić information content (AvgIpc) is 2.74. The number of likely N-dealkylation sites (tertiary alicyclic amines) is 1. The average molecular weight is 431 g/mol. The number of nitrogens with zero attached hydrogens (tertiary/aromatic N) is 3. The third-order valence-electron chi connectivity index (χ3n) is 6.31. The Morgan fingerprint density at radius 1 is 0.968 bits per heavy atom. The van der Waals surface area contributed by atoms with Gasteiger partial charge in [0, 0.05) is 52.9 Å². The topological polar surface area (TPSA) is 65.1 Å². The Morgan fingerprint density at radius 2 is 1.55 bits per heavy atom.